The highest BCUT2D eigenvalue weighted by molar-refractivity contribution is 5.80. The van der Waals surface area contributed by atoms with Crippen LogP contribution in [-0.2, 0) is 14.3 Å². The molecule has 0 atom stereocenters. The summed E-state index contributed by atoms with van der Waals surface area (Å²) in [6.45, 7) is 2.48. The van der Waals surface area contributed by atoms with E-state index in [1.54, 1.807) is 18.2 Å². The van der Waals surface area contributed by atoms with Gasteiger partial charge in [0, 0.05) is 11.8 Å². The molecule has 0 saturated heterocycles. The molecule has 35 heavy (non-hydrogen) atoms. The quantitative estimate of drug-likeness (QED) is 0.106. The van der Waals surface area contributed by atoms with Crippen LogP contribution in [0.15, 0.2) is 36.4 Å². The first kappa shape index (κ1) is 30.5. The Morgan fingerprint density at radius 3 is 2.06 bits per heavy atom. The summed E-state index contributed by atoms with van der Waals surface area (Å²) in [7, 11) is 1.29. The molecule has 6 heteroatoms. The van der Waals surface area contributed by atoms with Crippen molar-refractivity contribution in [2.75, 3.05) is 31.7 Å². The van der Waals surface area contributed by atoms with E-state index >= 15 is 0 Å². The fourth-order valence-corrected chi connectivity index (χ4v) is 3.93. The molecule has 198 valence electrons. The van der Waals surface area contributed by atoms with Crippen LogP contribution < -0.4 is 9.64 Å². The van der Waals surface area contributed by atoms with Crippen molar-refractivity contribution in [3.63, 3.8) is 0 Å². The van der Waals surface area contributed by atoms with Crippen molar-refractivity contribution in [2.45, 2.75) is 96.8 Å². The van der Waals surface area contributed by atoms with Crippen molar-refractivity contribution in [3.8, 4) is 5.75 Å². The smallest absolute Gasteiger partial charge is 0.325 e. The third kappa shape index (κ3) is 16.7. The Balaban J connectivity index is 2.11. The fourth-order valence-electron chi connectivity index (χ4n) is 3.93. The van der Waals surface area contributed by atoms with Crippen LogP contribution in [0.2, 0.25) is 0 Å². The second kappa shape index (κ2) is 20.8. The van der Waals surface area contributed by atoms with Gasteiger partial charge in [-0.15, -0.1) is 0 Å². The monoisotopic (exact) mass is 489 g/mol. The van der Waals surface area contributed by atoms with Crippen LogP contribution in [-0.4, -0.2) is 43.9 Å². The molecule has 0 aliphatic heterocycles. The SMILES string of the molecule is CCCCCCCC/C=C\CCCCCCCCOc1cccc(N(CC(=O)O)CC(=O)OC)c1. The molecule has 1 rings (SSSR count). The first-order valence-corrected chi connectivity index (χ1v) is 13.5. The lowest BCUT2D eigenvalue weighted by Gasteiger charge is -2.22. The van der Waals surface area contributed by atoms with Crippen molar-refractivity contribution in [1.82, 2.24) is 0 Å². The molecule has 0 bridgehead atoms. The Bertz CT molecular complexity index is 719. The number of rotatable bonds is 22. The second-order valence-corrected chi connectivity index (χ2v) is 9.11. The van der Waals surface area contributed by atoms with Gasteiger partial charge in [0.25, 0.3) is 0 Å². The Kier molecular flexibility index (Phi) is 18.2. The van der Waals surface area contributed by atoms with Crippen molar-refractivity contribution in [2.24, 2.45) is 0 Å². The molecule has 1 aromatic rings. The number of carboxylic acids is 1. The number of esters is 1. The summed E-state index contributed by atoms with van der Waals surface area (Å²) in [6, 6.07) is 7.19. The number of aliphatic carboxylic acids is 1. The minimum atomic E-state index is -1.01. The zero-order valence-electron chi connectivity index (χ0n) is 22.0. The number of unbranched alkanes of at least 4 members (excludes halogenated alkanes) is 12. The van der Waals surface area contributed by atoms with Crippen LogP contribution in [0.25, 0.3) is 0 Å². The maximum Gasteiger partial charge on any atom is 0.325 e. The van der Waals surface area contributed by atoms with Gasteiger partial charge in [0.05, 0.1) is 13.7 Å². The standard InChI is InChI=1S/C29H47NO5/c1-3-4-5-6-7-8-9-10-11-12-13-14-15-16-17-18-22-35-27-21-19-20-26(23-27)30(24-28(31)32)25-29(33)34-2/h10-11,19-21,23H,3-9,12-18,22,24-25H2,1-2H3,(H,31,32)/b11-10-. The van der Waals surface area contributed by atoms with Crippen molar-refractivity contribution in [1.29, 1.82) is 0 Å². The molecule has 6 nitrogen and oxygen atoms in total. The molecule has 0 aliphatic rings. The Hall–Kier alpha value is -2.50. The van der Waals surface area contributed by atoms with Gasteiger partial charge in [-0.1, -0.05) is 82.9 Å². The lowest BCUT2D eigenvalue weighted by molar-refractivity contribution is -0.139. The fraction of sp³-hybridized carbons (Fsp3) is 0.655. The average Bonchev–Trinajstić information content (AvgIpc) is 2.85. The van der Waals surface area contributed by atoms with Crippen LogP contribution in [0, 0.1) is 0 Å². The van der Waals surface area contributed by atoms with E-state index in [1.165, 1.54) is 89.1 Å². The predicted octanol–water partition coefficient (Wildman–Crippen LogP) is 7.17. The summed E-state index contributed by atoms with van der Waals surface area (Å²) in [5, 5.41) is 9.14. The van der Waals surface area contributed by atoms with Gasteiger partial charge in [0.2, 0.25) is 0 Å². The molecule has 0 aliphatic carbocycles. The van der Waals surface area contributed by atoms with Gasteiger partial charge in [-0.25, -0.2) is 0 Å². The highest BCUT2D eigenvalue weighted by Crippen LogP contribution is 2.22. The first-order chi connectivity index (χ1) is 17.1. The second-order valence-electron chi connectivity index (χ2n) is 9.11. The molecule has 0 heterocycles. The molecule has 1 aromatic carbocycles. The average molecular weight is 490 g/mol. The van der Waals surface area contributed by atoms with Gasteiger partial charge in [-0.2, -0.15) is 0 Å². The molecule has 0 spiro atoms. The third-order valence-corrected chi connectivity index (χ3v) is 5.98. The van der Waals surface area contributed by atoms with E-state index in [4.69, 9.17) is 9.84 Å². The highest BCUT2D eigenvalue weighted by atomic mass is 16.5. The van der Waals surface area contributed by atoms with E-state index in [1.807, 2.05) is 6.07 Å². The molecule has 0 amide bonds. The van der Waals surface area contributed by atoms with Crippen molar-refractivity contribution >= 4 is 17.6 Å². The highest BCUT2D eigenvalue weighted by Gasteiger charge is 2.15. The maximum absolute atomic E-state index is 11.6. The van der Waals surface area contributed by atoms with Crippen LogP contribution >= 0.6 is 0 Å². The number of allylic oxidation sites excluding steroid dienone is 2. The van der Waals surface area contributed by atoms with E-state index in [0.717, 1.165) is 12.8 Å². The number of methoxy groups -OCH3 is 1. The van der Waals surface area contributed by atoms with E-state index in [2.05, 4.69) is 23.8 Å². The van der Waals surface area contributed by atoms with Gasteiger partial charge in [-0.05, 0) is 44.2 Å². The van der Waals surface area contributed by atoms with E-state index in [0.29, 0.717) is 18.0 Å². The minimum Gasteiger partial charge on any atom is -0.494 e. The topological polar surface area (TPSA) is 76.1 Å². The molecule has 0 saturated carbocycles. The number of ether oxygens (including phenoxy) is 2. The summed E-state index contributed by atoms with van der Waals surface area (Å²) in [4.78, 5) is 24.2. The van der Waals surface area contributed by atoms with Gasteiger partial charge < -0.3 is 19.5 Å². The summed E-state index contributed by atoms with van der Waals surface area (Å²) < 4.78 is 10.5. The van der Waals surface area contributed by atoms with Crippen LogP contribution in [0.1, 0.15) is 96.8 Å². The molecular formula is C29H47NO5. The normalized spacial score (nSPS) is 11.0. The van der Waals surface area contributed by atoms with Gasteiger partial charge >= 0.3 is 11.9 Å². The van der Waals surface area contributed by atoms with Gasteiger partial charge in [0.15, 0.2) is 0 Å². The number of benzene rings is 1. The van der Waals surface area contributed by atoms with E-state index in [-0.39, 0.29) is 13.1 Å². The Labute approximate surface area is 212 Å². The van der Waals surface area contributed by atoms with Crippen LogP contribution in [0.5, 0.6) is 5.75 Å². The summed E-state index contributed by atoms with van der Waals surface area (Å²) in [5.41, 5.74) is 0.622. The molecule has 0 radical (unpaired) electrons. The number of nitrogens with zero attached hydrogens (tertiary/aromatic N) is 1. The molecule has 0 aromatic heterocycles. The van der Waals surface area contributed by atoms with Crippen molar-refractivity contribution < 1.29 is 24.2 Å². The lowest BCUT2D eigenvalue weighted by atomic mass is 10.1. The number of hydrogen-bond acceptors (Lipinski definition) is 5. The zero-order valence-corrected chi connectivity index (χ0v) is 22.0. The van der Waals surface area contributed by atoms with E-state index in [9.17, 15) is 9.59 Å². The molecule has 0 unspecified atom stereocenters. The summed E-state index contributed by atoms with van der Waals surface area (Å²) in [5.74, 6) is -0.818. The zero-order chi connectivity index (χ0) is 25.6. The van der Waals surface area contributed by atoms with Crippen LogP contribution in [0.4, 0.5) is 5.69 Å². The van der Waals surface area contributed by atoms with Gasteiger partial charge in [0.1, 0.15) is 18.8 Å². The Morgan fingerprint density at radius 1 is 0.857 bits per heavy atom. The van der Waals surface area contributed by atoms with Gasteiger partial charge in [-0.3, -0.25) is 9.59 Å². The molecule has 0 fully saturated rings. The first-order valence-electron chi connectivity index (χ1n) is 13.5. The number of hydrogen-bond donors (Lipinski definition) is 1. The number of carbonyl (C=O) groups excluding carboxylic acids is 1. The minimum absolute atomic E-state index is 0.124. The van der Waals surface area contributed by atoms with Crippen molar-refractivity contribution in [3.05, 3.63) is 36.4 Å². The largest absolute Gasteiger partial charge is 0.494 e. The molecular weight excluding hydrogens is 442 g/mol. The Morgan fingerprint density at radius 2 is 1.46 bits per heavy atom. The predicted molar refractivity (Wildman–Crippen MR) is 143 cm³/mol. The maximum atomic E-state index is 11.6. The van der Waals surface area contributed by atoms with Crippen LogP contribution in [0.3, 0.4) is 0 Å². The molecule has 1 N–H and O–H groups in total. The summed E-state index contributed by atoms with van der Waals surface area (Å²) >= 11 is 0. The number of carboxylic acid groups (broad SMARTS) is 1. The number of anilines is 1. The van der Waals surface area contributed by atoms with E-state index < -0.39 is 11.9 Å². The third-order valence-electron chi connectivity index (χ3n) is 5.98. The lowest BCUT2D eigenvalue weighted by Crippen LogP contribution is -2.35. The number of carbonyl (C=O) groups is 2. The summed E-state index contributed by atoms with van der Waals surface area (Å²) in [6.07, 6.45) is 22.5.